The lowest BCUT2D eigenvalue weighted by Crippen LogP contribution is -3.00. The van der Waals surface area contributed by atoms with E-state index < -0.39 is 0 Å². The van der Waals surface area contributed by atoms with Gasteiger partial charge >= 0.3 is 0 Å². The predicted octanol–water partition coefficient (Wildman–Crippen LogP) is 2.21. The molecule has 196 valence electrons. The third-order valence-electron chi connectivity index (χ3n) is 11.5. The number of hydrogen-bond donors (Lipinski definition) is 2. The zero-order valence-electron chi connectivity index (χ0n) is 22.1. The first-order chi connectivity index (χ1) is 16.5. The Morgan fingerprint density at radius 1 is 0.971 bits per heavy atom. The molecule has 1 aliphatic carbocycles. The van der Waals surface area contributed by atoms with E-state index >= 15 is 0 Å². The second-order valence-electron chi connectivity index (χ2n) is 12.6. The summed E-state index contributed by atoms with van der Waals surface area (Å²) in [4.78, 5) is 2.52. The summed E-state index contributed by atoms with van der Waals surface area (Å²) >= 11 is 0. The lowest BCUT2D eigenvalue weighted by atomic mass is 9.60. The van der Waals surface area contributed by atoms with Crippen molar-refractivity contribution >= 4 is 5.69 Å². The van der Waals surface area contributed by atoms with Crippen molar-refractivity contribution in [1.82, 2.24) is 0 Å². The molecule has 1 spiro atoms. The maximum absolute atomic E-state index is 12.1. The van der Waals surface area contributed by atoms with Gasteiger partial charge in [-0.1, -0.05) is 70.6 Å². The number of fused-ring (bicyclic) bond motifs is 2. The topological polar surface area (TPSA) is 43.7 Å². The van der Waals surface area contributed by atoms with E-state index in [1.54, 1.807) is 0 Å². The highest BCUT2D eigenvalue weighted by Gasteiger charge is 2.82. The number of hydrogen-bond acceptors (Lipinski definition) is 3. The van der Waals surface area contributed by atoms with Crippen LogP contribution in [-0.4, -0.2) is 58.7 Å². The Hall–Kier alpha value is -0.620. The highest BCUT2D eigenvalue weighted by molar-refractivity contribution is 5.66. The molecule has 0 amide bonds. The number of likely N-dealkylation sites (N-methyl/N-ethyl adjacent to an activating group) is 1. The van der Waals surface area contributed by atoms with Crippen LogP contribution < -0.4 is 21.9 Å². The molecule has 5 fully saturated rings. The number of aliphatic hydroxyl groups excluding tert-OH is 2. The second kappa shape index (κ2) is 9.60. The third kappa shape index (κ3) is 3.26. The molecule has 10 atom stereocenters. The lowest BCUT2D eigenvalue weighted by Gasteiger charge is -2.68. The van der Waals surface area contributed by atoms with Gasteiger partial charge in [-0.15, -0.1) is 0 Å². The summed E-state index contributed by atoms with van der Waals surface area (Å²) in [5, 5.41) is 24.2. The minimum atomic E-state index is -0.274. The monoisotopic (exact) mass is 546 g/mol. The Morgan fingerprint density at radius 3 is 2.37 bits per heavy atom. The van der Waals surface area contributed by atoms with E-state index in [1.165, 1.54) is 69.0 Å². The average Bonchev–Trinajstić information content (AvgIpc) is 3.23. The van der Waals surface area contributed by atoms with Gasteiger partial charge in [0.15, 0.2) is 6.23 Å². The number of aliphatic hydroxyl groups is 2. The van der Waals surface area contributed by atoms with Crippen molar-refractivity contribution < 1.29 is 31.7 Å². The molecule has 6 aliphatic rings. The zero-order valence-corrected chi connectivity index (χ0v) is 23.7. The van der Waals surface area contributed by atoms with E-state index in [4.69, 9.17) is 0 Å². The molecule has 1 saturated carbocycles. The molecule has 5 aliphatic heterocycles. The summed E-state index contributed by atoms with van der Waals surface area (Å²) in [5.74, 6) is 1.17. The first-order valence-electron chi connectivity index (χ1n) is 14.6. The Labute approximate surface area is 223 Å². The van der Waals surface area contributed by atoms with E-state index in [0.29, 0.717) is 35.9 Å². The van der Waals surface area contributed by atoms with Crippen LogP contribution in [0.15, 0.2) is 24.3 Å². The molecule has 0 radical (unpaired) electrons. The highest BCUT2D eigenvalue weighted by Crippen LogP contribution is 2.71. The number of halogens is 1. The van der Waals surface area contributed by atoms with Gasteiger partial charge in [0, 0.05) is 37.4 Å². The minimum absolute atomic E-state index is 0. The molecule has 35 heavy (non-hydrogen) atoms. The number of unbranched alkanes of at least 4 members (excludes halogenated alkanes) is 7. The van der Waals surface area contributed by atoms with Gasteiger partial charge in [0.2, 0.25) is 0 Å². The largest absolute Gasteiger partial charge is 1.00 e. The van der Waals surface area contributed by atoms with E-state index in [2.05, 4.69) is 50.1 Å². The number of rotatable bonds is 10. The van der Waals surface area contributed by atoms with Gasteiger partial charge in [0.05, 0.1) is 30.1 Å². The molecule has 2 N–H and O–H groups in total. The molecule has 4 saturated heterocycles. The van der Waals surface area contributed by atoms with Crippen LogP contribution in [0.3, 0.4) is 0 Å². The number of nitrogens with zero attached hydrogens (tertiary/aromatic N) is 2. The molecular weight excluding hydrogens is 500 g/mol. The fourth-order valence-electron chi connectivity index (χ4n) is 10.4. The average molecular weight is 548 g/mol. The van der Waals surface area contributed by atoms with Crippen molar-refractivity contribution in [1.29, 1.82) is 0 Å². The zero-order chi connectivity index (χ0) is 23.7. The molecule has 4 unspecified atom stereocenters. The molecular formula is C30H47BrN2O2. The summed E-state index contributed by atoms with van der Waals surface area (Å²) in [5.41, 5.74) is 2.58. The van der Waals surface area contributed by atoms with Crippen LogP contribution in [0, 0.1) is 17.8 Å². The van der Waals surface area contributed by atoms with Crippen molar-refractivity contribution in [2.75, 3.05) is 18.5 Å². The van der Waals surface area contributed by atoms with Crippen molar-refractivity contribution in [3.05, 3.63) is 29.8 Å². The van der Waals surface area contributed by atoms with Crippen LogP contribution in [0.2, 0.25) is 0 Å². The minimum Gasteiger partial charge on any atom is -1.00 e. The Bertz CT molecular complexity index is 912. The predicted molar refractivity (Wildman–Crippen MR) is 138 cm³/mol. The Morgan fingerprint density at radius 2 is 1.66 bits per heavy atom. The molecule has 5 heteroatoms. The number of piperidine rings is 4. The molecule has 5 bridgehead atoms. The third-order valence-corrected chi connectivity index (χ3v) is 11.5. The standard InChI is InChI=1S/C30H47N2O2.BrH/c1-4-6-7-8-9-10-11-14-17-32-24-18-21(20(5-2)29(32)34)26-25(32)19-30(28(26)33)22-15-12-13-16-23(22)31(3)27(24)30;/h12-13,15-16,20-21,24-29,33-34H,4-11,14,17-19H2,1-3H3;1H/q+1;/p-1/t20-,21-,24?,25-,26?,27-,28-,29+,30?,32?;/m0./s1. The first kappa shape index (κ1) is 26.0. The molecule has 1 aromatic rings. The van der Waals surface area contributed by atoms with Crippen LogP contribution in [-0.2, 0) is 5.41 Å². The van der Waals surface area contributed by atoms with Crippen molar-refractivity contribution in [2.45, 2.75) is 120 Å². The quantitative estimate of drug-likeness (QED) is 0.349. The number of quaternary nitrogens is 1. The van der Waals surface area contributed by atoms with Gasteiger partial charge in [-0.05, 0) is 36.8 Å². The Kier molecular flexibility index (Phi) is 7.13. The number of anilines is 1. The molecule has 4 nitrogen and oxygen atoms in total. The highest BCUT2D eigenvalue weighted by atomic mass is 79.9. The van der Waals surface area contributed by atoms with Crippen LogP contribution >= 0.6 is 0 Å². The van der Waals surface area contributed by atoms with Gasteiger partial charge in [0.1, 0.15) is 6.04 Å². The summed E-state index contributed by atoms with van der Waals surface area (Å²) < 4.78 is 0.900. The fourth-order valence-corrected chi connectivity index (χ4v) is 10.4. The van der Waals surface area contributed by atoms with Crippen LogP contribution in [0.25, 0.3) is 0 Å². The van der Waals surface area contributed by atoms with E-state index in [-0.39, 0.29) is 34.7 Å². The van der Waals surface area contributed by atoms with Gasteiger partial charge in [-0.3, -0.25) is 4.48 Å². The van der Waals surface area contributed by atoms with Crippen LogP contribution in [0.1, 0.15) is 90.0 Å². The fraction of sp³-hybridized carbons (Fsp3) is 0.800. The molecule has 7 rings (SSSR count). The SMILES string of the molecule is CCCCCCCCCC[N+]12C3C[C@H](C4[C@H](O)C5(C[C@@H]41)c1ccccc1N(C)[C@@H]35)[C@H](CC)[C@H]2O.[Br-]. The van der Waals surface area contributed by atoms with Gasteiger partial charge in [-0.25, -0.2) is 0 Å². The van der Waals surface area contributed by atoms with Crippen molar-refractivity contribution in [2.24, 2.45) is 17.8 Å². The summed E-state index contributed by atoms with van der Waals surface area (Å²) in [6.07, 6.45) is 13.4. The molecule has 0 aromatic heterocycles. The van der Waals surface area contributed by atoms with E-state index in [1.807, 2.05) is 0 Å². The Balaban J connectivity index is 0.00000253. The van der Waals surface area contributed by atoms with Crippen molar-refractivity contribution in [3.8, 4) is 0 Å². The van der Waals surface area contributed by atoms with Crippen LogP contribution in [0.5, 0.6) is 0 Å². The van der Waals surface area contributed by atoms with Crippen LogP contribution in [0.4, 0.5) is 5.69 Å². The number of benzene rings is 1. The first-order valence-corrected chi connectivity index (χ1v) is 14.6. The summed E-state index contributed by atoms with van der Waals surface area (Å²) in [7, 11) is 2.27. The summed E-state index contributed by atoms with van der Waals surface area (Å²) in [6.45, 7) is 5.66. The lowest BCUT2D eigenvalue weighted by molar-refractivity contribution is -1.04. The summed E-state index contributed by atoms with van der Waals surface area (Å²) in [6, 6.07) is 10.1. The van der Waals surface area contributed by atoms with Gasteiger partial charge in [0.25, 0.3) is 0 Å². The van der Waals surface area contributed by atoms with Gasteiger partial charge < -0.3 is 32.1 Å². The normalized spacial score (nSPS) is 43.9. The van der Waals surface area contributed by atoms with E-state index in [9.17, 15) is 10.2 Å². The molecule has 5 heterocycles. The molecule has 1 aromatic carbocycles. The smallest absolute Gasteiger partial charge is 0.194 e. The number of para-hydroxylation sites is 1. The van der Waals surface area contributed by atoms with E-state index in [0.717, 1.165) is 23.9 Å². The maximum atomic E-state index is 12.1. The van der Waals surface area contributed by atoms with Crippen molar-refractivity contribution in [3.63, 3.8) is 0 Å². The van der Waals surface area contributed by atoms with Gasteiger partial charge in [-0.2, -0.15) is 0 Å². The maximum Gasteiger partial charge on any atom is 0.194 e. The second-order valence-corrected chi connectivity index (χ2v) is 12.6.